The third-order valence-corrected chi connectivity index (χ3v) is 6.03. The summed E-state index contributed by atoms with van der Waals surface area (Å²) in [6.07, 6.45) is 1.76. The van der Waals surface area contributed by atoms with Crippen molar-refractivity contribution in [3.05, 3.63) is 77.4 Å². The molecule has 3 rings (SSSR count). The first-order chi connectivity index (χ1) is 17.3. The number of ether oxygens (including phenoxy) is 2. The zero-order valence-electron chi connectivity index (χ0n) is 21.4. The van der Waals surface area contributed by atoms with Crippen LogP contribution in [0.5, 0.6) is 5.75 Å². The molecule has 0 radical (unpaired) electrons. The van der Waals surface area contributed by atoms with Crippen molar-refractivity contribution in [2.75, 3.05) is 19.8 Å². The summed E-state index contributed by atoms with van der Waals surface area (Å²) in [5, 5.41) is 25.9. The molecular formula is C30H36N2O4. The van der Waals surface area contributed by atoms with E-state index in [0.29, 0.717) is 43.7 Å². The Balaban J connectivity index is 1.50. The number of carbonyl (C=O) groups is 1. The Morgan fingerprint density at radius 2 is 1.83 bits per heavy atom. The maximum atomic E-state index is 11.5. The molecule has 3 aromatic rings. The van der Waals surface area contributed by atoms with Crippen LogP contribution >= 0.6 is 0 Å². The second-order valence-electron chi connectivity index (χ2n) is 9.69. The fraction of sp³-hybridized carbons (Fsp3) is 0.400. The van der Waals surface area contributed by atoms with Gasteiger partial charge in [0.05, 0.1) is 12.2 Å². The second kappa shape index (κ2) is 13.1. The highest BCUT2D eigenvalue weighted by molar-refractivity contribution is 5.83. The van der Waals surface area contributed by atoms with E-state index in [1.54, 1.807) is 13.0 Å². The fourth-order valence-electron chi connectivity index (χ4n) is 4.16. The minimum atomic E-state index is -0.736. The van der Waals surface area contributed by atoms with Gasteiger partial charge in [0.15, 0.2) is 0 Å². The molecule has 3 aromatic carbocycles. The summed E-state index contributed by atoms with van der Waals surface area (Å²) in [7, 11) is 0. The lowest BCUT2D eigenvalue weighted by Gasteiger charge is -2.28. The van der Waals surface area contributed by atoms with Crippen LogP contribution in [0.2, 0.25) is 0 Å². The fourth-order valence-corrected chi connectivity index (χ4v) is 4.16. The molecule has 0 aliphatic rings. The van der Waals surface area contributed by atoms with Gasteiger partial charge in [-0.3, -0.25) is 4.79 Å². The van der Waals surface area contributed by atoms with Crippen LogP contribution in [-0.4, -0.2) is 42.5 Å². The van der Waals surface area contributed by atoms with Crippen molar-refractivity contribution in [2.45, 2.75) is 58.1 Å². The molecule has 1 atom stereocenters. The van der Waals surface area contributed by atoms with Gasteiger partial charge in [0.1, 0.15) is 24.5 Å². The Bertz CT molecular complexity index is 1200. The van der Waals surface area contributed by atoms with E-state index in [2.05, 4.69) is 55.6 Å². The van der Waals surface area contributed by atoms with Gasteiger partial charge in [0.2, 0.25) is 0 Å². The van der Waals surface area contributed by atoms with Crippen molar-refractivity contribution in [1.82, 2.24) is 5.32 Å². The van der Waals surface area contributed by atoms with Gasteiger partial charge in [-0.25, -0.2) is 0 Å². The van der Waals surface area contributed by atoms with Crippen LogP contribution in [0.1, 0.15) is 50.3 Å². The summed E-state index contributed by atoms with van der Waals surface area (Å²) in [6.45, 7) is 6.83. The molecule has 0 unspecified atom stereocenters. The van der Waals surface area contributed by atoms with Crippen molar-refractivity contribution >= 4 is 16.7 Å². The maximum Gasteiger partial charge on any atom is 0.305 e. The molecule has 2 N–H and O–H groups in total. The Kier molecular flexibility index (Phi) is 9.86. The number of nitrogens with zero attached hydrogens (tertiary/aromatic N) is 1. The van der Waals surface area contributed by atoms with Gasteiger partial charge < -0.3 is 19.9 Å². The number of benzene rings is 3. The molecular weight excluding hydrogens is 452 g/mol. The minimum Gasteiger partial charge on any atom is -0.489 e. The van der Waals surface area contributed by atoms with Crippen LogP contribution in [0, 0.1) is 11.3 Å². The smallest absolute Gasteiger partial charge is 0.305 e. The number of nitrogens with one attached hydrogen (secondary N) is 1. The molecule has 6 nitrogen and oxygen atoms in total. The lowest BCUT2D eigenvalue weighted by molar-refractivity contribution is -0.143. The number of hydrogen-bond donors (Lipinski definition) is 2. The highest BCUT2D eigenvalue weighted by atomic mass is 16.5. The zero-order chi connectivity index (χ0) is 26.0. The normalized spacial score (nSPS) is 12.2. The molecule has 0 saturated heterocycles. The minimum absolute atomic E-state index is 0.0695. The van der Waals surface area contributed by atoms with Crippen molar-refractivity contribution in [1.29, 1.82) is 5.26 Å². The summed E-state index contributed by atoms with van der Waals surface area (Å²) in [5.41, 5.74) is 2.40. The topological polar surface area (TPSA) is 91.6 Å². The molecule has 0 aliphatic heterocycles. The average molecular weight is 489 g/mol. The monoisotopic (exact) mass is 488 g/mol. The van der Waals surface area contributed by atoms with Crippen LogP contribution in [0.25, 0.3) is 10.8 Å². The number of carbonyl (C=O) groups excluding carboxylic acids is 1. The first-order valence-electron chi connectivity index (χ1n) is 12.5. The molecule has 190 valence electrons. The van der Waals surface area contributed by atoms with E-state index in [-0.39, 0.29) is 18.1 Å². The van der Waals surface area contributed by atoms with Crippen molar-refractivity contribution in [3.63, 3.8) is 0 Å². The summed E-state index contributed by atoms with van der Waals surface area (Å²) in [4.78, 5) is 11.5. The van der Waals surface area contributed by atoms with E-state index in [0.717, 1.165) is 12.0 Å². The average Bonchev–Trinajstić information content (AvgIpc) is 2.86. The van der Waals surface area contributed by atoms with Gasteiger partial charge in [0, 0.05) is 18.5 Å². The molecule has 0 heterocycles. The number of aliphatic hydroxyl groups is 1. The molecule has 0 amide bonds. The molecule has 0 bridgehead atoms. The SMILES string of the molecule is CCOC(=O)CCCc1ccc(C#N)c(OC[C@@H](O)CNC(C)(C)Cc2ccc3ccccc3c2)c1. The van der Waals surface area contributed by atoms with Crippen LogP contribution in [0.3, 0.4) is 0 Å². The van der Waals surface area contributed by atoms with E-state index in [1.807, 2.05) is 24.3 Å². The van der Waals surface area contributed by atoms with Gasteiger partial charge in [-0.05, 0) is 74.1 Å². The Morgan fingerprint density at radius 1 is 1.08 bits per heavy atom. The van der Waals surface area contributed by atoms with Crippen molar-refractivity contribution in [3.8, 4) is 11.8 Å². The van der Waals surface area contributed by atoms with Crippen LogP contribution in [-0.2, 0) is 22.4 Å². The van der Waals surface area contributed by atoms with Gasteiger partial charge in [0.25, 0.3) is 0 Å². The number of nitriles is 1. The predicted octanol–water partition coefficient (Wildman–Crippen LogP) is 4.95. The summed E-state index contributed by atoms with van der Waals surface area (Å²) < 4.78 is 10.8. The summed E-state index contributed by atoms with van der Waals surface area (Å²) in [6, 6.07) is 22.3. The number of fused-ring (bicyclic) bond motifs is 1. The lowest BCUT2D eigenvalue weighted by atomic mass is 9.93. The van der Waals surface area contributed by atoms with E-state index >= 15 is 0 Å². The van der Waals surface area contributed by atoms with Gasteiger partial charge in [-0.1, -0.05) is 48.5 Å². The number of esters is 1. The van der Waals surface area contributed by atoms with Crippen LogP contribution in [0.15, 0.2) is 60.7 Å². The molecule has 6 heteroatoms. The van der Waals surface area contributed by atoms with E-state index in [1.165, 1.54) is 16.3 Å². The van der Waals surface area contributed by atoms with Gasteiger partial charge in [-0.15, -0.1) is 0 Å². The number of aryl methyl sites for hydroxylation is 1. The van der Waals surface area contributed by atoms with Crippen LogP contribution < -0.4 is 10.1 Å². The van der Waals surface area contributed by atoms with E-state index in [9.17, 15) is 15.2 Å². The van der Waals surface area contributed by atoms with E-state index < -0.39 is 6.10 Å². The number of hydrogen-bond acceptors (Lipinski definition) is 6. The Labute approximate surface area is 213 Å². The van der Waals surface area contributed by atoms with Gasteiger partial charge >= 0.3 is 5.97 Å². The second-order valence-corrected chi connectivity index (χ2v) is 9.69. The predicted molar refractivity (Wildman–Crippen MR) is 142 cm³/mol. The number of β-amino-alcohol motifs (C(OH)–C–C–N with tert-alkyl or cyclic N) is 1. The number of aliphatic hydroxyl groups excluding tert-OH is 1. The Hall–Kier alpha value is -3.40. The maximum absolute atomic E-state index is 11.5. The van der Waals surface area contributed by atoms with Gasteiger partial charge in [-0.2, -0.15) is 5.26 Å². The molecule has 36 heavy (non-hydrogen) atoms. The molecule has 0 aliphatic carbocycles. The Morgan fingerprint density at radius 3 is 2.58 bits per heavy atom. The quantitative estimate of drug-likeness (QED) is 0.331. The highest BCUT2D eigenvalue weighted by Crippen LogP contribution is 2.22. The largest absolute Gasteiger partial charge is 0.489 e. The third-order valence-electron chi connectivity index (χ3n) is 6.03. The highest BCUT2D eigenvalue weighted by Gasteiger charge is 2.20. The molecule has 0 saturated carbocycles. The van der Waals surface area contributed by atoms with Crippen LogP contribution in [0.4, 0.5) is 0 Å². The number of rotatable bonds is 13. The first-order valence-corrected chi connectivity index (χ1v) is 12.5. The zero-order valence-corrected chi connectivity index (χ0v) is 21.4. The molecule has 0 aromatic heterocycles. The summed E-state index contributed by atoms with van der Waals surface area (Å²) in [5.74, 6) is 0.238. The van der Waals surface area contributed by atoms with Crippen molar-refractivity contribution in [2.24, 2.45) is 0 Å². The van der Waals surface area contributed by atoms with E-state index in [4.69, 9.17) is 9.47 Å². The molecule has 0 fully saturated rings. The third kappa shape index (κ3) is 8.37. The standard InChI is InChI=1S/C30H36N2O4/c1-4-35-29(34)11-7-8-22-12-15-26(19-31)28(17-22)36-21-27(33)20-32-30(2,3)18-23-13-14-24-9-5-6-10-25(24)16-23/h5-6,9-10,12-17,27,32-33H,4,7-8,11,18,20-21H2,1-3H3/t27-/m0/s1. The molecule has 0 spiro atoms. The van der Waals surface area contributed by atoms with Crippen molar-refractivity contribution < 1.29 is 19.4 Å². The summed E-state index contributed by atoms with van der Waals surface area (Å²) >= 11 is 0. The first kappa shape index (κ1) is 27.2. The lowest BCUT2D eigenvalue weighted by Crippen LogP contribution is -2.46.